The van der Waals surface area contributed by atoms with Crippen LogP contribution in [0.15, 0.2) is 0 Å². The average Bonchev–Trinajstić information content (AvgIpc) is 3.09. The lowest BCUT2D eigenvalue weighted by molar-refractivity contribution is -0.134. The first kappa shape index (κ1) is 14.8. The number of amides is 2. The number of likely N-dealkylation sites (tertiary alicyclic amines) is 1. The second kappa shape index (κ2) is 5.93. The topological polar surface area (TPSA) is 63.4 Å². The first-order valence-corrected chi connectivity index (χ1v) is 8.25. The lowest BCUT2D eigenvalue weighted by Gasteiger charge is -2.34. The molecular weight excluding hydrogens is 271 g/mol. The van der Waals surface area contributed by atoms with Crippen molar-refractivity contribution >= 4 is 11.8 Å². The molecule has 3 aliphatic rings. The van der Waals surface area contributed by atoms with Gasteiger partial charge >= 0.3 is 0 Å². The van der Waals surface area contributed by atoms with E-state index in [2.05, 4.69) is 0 Å². The van der Waals surface area contributed by atoms with Crippen LogP contribution in [-0.2, 0) is 9.59 Å². The maximum absolute atomic E-state index is 13.6. The minimum atomic E-state index is -1.56. The van der Waals surface area contributed by atoms with Gasteiger partial charge in [0.05, 0.1) is 0 Å². The molecule has 1 aliphatic heterocycles. The molecule has 1 heterocycles. The van der Waals surface area contributed by atoms with E-state index in [-0.39, 0.29) is 11.8 Å². The van der Waals surface area contributed by atoms with Gasteiger partial charge in [0.1, 0.15) is 0 Å². The number of primary amides is 1. The van der Waals surface area contributed by atoms with Crippen LogP contribution >= 0.6 is 0 Å². The van der Waals surface area contributed by atoms with Gasteiger partial charge in [-0.05, 0) is 49.9 Å². The van der Waals surface area contributed by atoms with Gasteiger partial charge in [-0.25, -0.2) is 4.39 Å². The van der Waals surface area contributed by atoms with E-state index in [0.29, 0.717) is 38.3 Å². The van der Waals surface area contributed by atoms with Crippen molar-refractivity contribution in [3.8, 4) is 0 Å². The Morgan fingerprint density at radius 3 is 2.38 bits per heavy atom. The van der Waals surface area contributed by atoms with Crippen molar-refractivity contribution in [2.45, 2.75) is 51.1 Å². The molecule has 2 N–H and O–H groups in total. The summed E-state index contributed by atoms with van der Waals surface area (Å²) < 4.78 is 13.6. The number of alkyl halides is 1. The Morgan fingerprint density at radius 1 is 1.14 bits per heavy atom. The monoisotopic (exact) mass is 296 g/mol. The number of rotatable bonds is 4. The first-order chi connectivity index (χ1) is 10.0. The molecule has 5 heteroatoms. The molecule has 4 unspecified atom stereocenters. The van der Waals surface area contributed by atoms with E-state index < -0.39 is 12.1 Å². The van der Waals surface area contributed by atoms with Crippen LogP contribution in [0.5, 0.6) is 0 Å². The van der Waals surface area contributed by atoms with Gasteiger partial charge in [0.2, 0.25) is 5.91 Å². The molecule has 3 rings (SSSR count). The molecule has 0 aromatic rings. The van der Waals surface area contributed by atoms with Gasteiger partial charge in [0.15, 0.2) is 6.17 Å². The van der Waals surface area contributed by atoms with E-state index in [1.807, 2.05) is 4.90 Å². The van der Waals surface area contributed by atoms with Crippen molar-refractivity contribution in [1.82, 2.24) is 4.90 Å². The molecule has 2 bridgehead atoms. The summed E-state index contributed by atoms with van der Waals surface area (Å²) in [7, 11) is 0. The van der Waals surface area contributed by atoms with Gasteiger partial charge < -0.3 is 10.6 Å². The normalized spacial score (nSPS) is 34.1. The van der Waals surface area contributed by atoms with E-state index >= 15 is 0 Å². The Labute approximate surface area is 125 Å². The summed E-state index contributed by atoms with van der Waals surface area (Å²) in [6, 6.07) is 0. The van der Waals surface area contributed by atoms with Crippen LogP contribution in [0.3, 0.4) is 0 Å². The number of piperidine rings is 1. The summed E-state index contributed by atoms with van der Waals surface area (Å²) in [6.45, 7) is 1.13. The zero-order valence-electron chi connectivity index (χ0n) is 12.5. The zero-order valence-corrected chi connectivity index (χ0v) is 12.5. The molecule has 0 aromatic carbocycles. The molecule has 1 saturated heterocycles. The number of fused-ring (bicyclic) bond motifs is 2. The van der Waals surface area contributed by atoms with E-state index in [4.69, 9.17) is 5.73 Å². The average molecular weight is 296 g/mol. The molecule has 118 valence electrons. The molecule has 4 atom stereocenters. The van der Waals surface area contributed by atoms with Gasteiger partial charge in [-0.3, -0.25) is 9.59 Å². The predicted octanol–water partition coefficient (Wildman–Crippen LogP) is 1.87. The van der Waals surface area contributed by atoms with E-state index in [1.165, 1.54) is 25.7 Å². The molecule has 3 fully saturated rings. The highest BCUT2D eigenvalue weighted by Crippen LogP contribution is 2.49. The number of halogens is 1. The lowest BCUT2D eigenvalue weighted by Crippen LogP contribution is -2.43. The van der Waals surface area contributed by atoms with E-state index in [0.717, 1.165) is 11.8 Å². The molecule has 2 amide bonds. The number of nitrogens with zero attached hydrogens (tertiary/aromatic N) is 1. The molecule has 2 saturated carbocycles. The van der Waals surface area contributed by atoms with Crippen molar-refractivity contribution < 1.29 is 14.0 Å². The Morgan fingerprint density at radius 2 is 1.86 bits per heavy atom. The number of carbonyl (C=O) groups excluding carboxylic acids is 2. The number of hydrogen-bond acceptors (Lipinski definition) is 2. The van der Waals surface area contributed by atoms with Crippen LogP contribution in [0, 0.1) is 23.7 Å². The smallest absolute Gasteiger partial charge is 0.252 e. The van der Waals surface area contributed by atoms with Crippen molar-refractivity contribution in [2.24, 2.45) is 29.4 Å². The Balaban J connectivity index is 1.46. The molecular formula is C16H25FN2O2. The van der Waals surface area contributed by atoms with Crippen LogP contribution in [-0.4, -0.2) is 36.0 Å². The molecule has 0 spiro atoms. The highest BCUT2D eigenvalue weighted by molar-refractivity contribution is 5.79. The van der Waals surface area contributed by atoms with Gasteiger partial charge in [-0.15, -0.1) is 0 Å². The lowest BCUT2D eigenvalue weighted by atomic mass is 9.85. The van der Waals surface area contributed by atoms with Gasteiger partial charge in [0.25, 0.3) is 5.91 Å². The van der Waals surface area contributed by atoms with E-state index in [1.54, 1.807) is 0 Å². The molecule has 0 radical (unpaired) electrons. The van der Waals surface area contributed by atoms with Crippen LogP contribution < -0.4 is 5.73 Å². The van der Waals surface area contributed by atoms with Crippen molar-refractivity contribution in [1.29, 1.82) is 0 Å². The minimum Gasteiger partial charge on any atom is -0.367 e. The largest absolute Gasteiger partial charge is 0.367 e. The Kier molecular flexibility index (Phi) is 4.18. The third-order valence-electron chi connectivity index (χ3n) is 5.90. The number of nitrogens with two attached hydrogens (primary N) is 1. The van der Waals surface area contributed by atoms with E-state index in [9.17, 15) is 14.0 Å². The van der Waals surface area contributed by atoms with Crippen molar-refractivity contribution in [3.05, 3.63) is 0 Å². The van der Waals surface area contributed by atoms with Crippen LogP contribution in [0.1, 0.15) is 44.9 Å². The summed E-state index contributed by atoms with van der Waals surface area (Å²) in [4.78, 5) is 25.1. The number of carbonyl (C=O) groups is 2. The summed E-state index contributed by atoms with van der Waals surface area (Å²) >= 11 is 0. The summed E-state index contributed by atoms with van der Waals surface area (Å²) in [6.07, 6.45) is 5.40. The maximum atomic E-state index is 13.6. The van der Waals surface area contributed by atoms with Gasteiger partial charge in [-0.2, -0.15) is 0 Å². The summed E-state index contributed by atoms with van der Waals surface area (Å²) in [5, 5.41) is 0. The first-order valence-electron chi connectivity index (χ1n) is 8.25. The SMILES string of the molecule is NC(=O)C(F)C1CCN(C(=O)CC2CC3CCC2C3)CC1. The van der Waals surface area contributed by atoms with Crippen LogP contribution in [0.2, 0.25) is 0 Å². The molecule has 0 aromatic heterocycles. The third kappa shape index (κ3) is 3.06. The Bertz CT molecular complexity index is 421. The highest BCUT2D eigenvalue weighted by atomic mass is 19.1. The van der Waals surface area contributed by atoms with Crippen molar-refractivity contribution in [2.75, 3.05) is 13.1 Å². The second-order valence-electron chi connectivity index (χ2n) is 7.16. The maximum Gasteiger partial charge on any atom is 0.252 e. The highest BCUT2D eigenvalue weighted by Gasteiger charge is 2.41. The second-order valence-corrected chi connectivity index (χ2v) is 7.16. The summed E-state index contributed by atoms with van der Waals surface area (Å²) in [5.74, 6) is 1.24. The number of hydrogen-bond donors (Lipinski definition) is 1. The Hall–Kier alpha value is -1.13. The minimum absolute atomic E-state index is 0.223. The summed E-state index contributed by atoms with van der Waals surface area (Å²) in [5.41, 5.74) is 5.01. The molecule has 21 heavy (non-hydrogen) atoms. The van der Waals surface area contributed by atoms with Crippen LogP contribution in [0.4, 0.5) is 4.39 Å². The fourth-order valence-corrected chi connectivity index (χ4v) is 4.65. The zero-order chi connectivity index (χ0) is 15.0. The quantitative estimate of drug-likeness (QED) is 0.861. The molecule has 2 aliphatic carbocycles. The fraction of sp³-hybridized carbons (Fsp3) is 0.875. The van der Waals surface area contributed by atoms with Gasteiger partial charge in [0, 0.05) is 25.4 Å². The standard InChI is InChI=1S/C16H25FN2O2/c17-15(16(18)21)11-3-5-19(6-4-11)14(20)9-13-8-10-1-2-12(13)7-10/h10-13,15H,1-9H2,(H2,18,21). The van der Waals surface area contributed by atoms with Crippen molar-refractivity contribution in [3.63, 3.8) is 0 Å². The fourth-order valence-electron chi connectivity index (χ4n) is 4.65. The molecule has 4 nitrogen and oxygen atoms in total. The van der Waals surface area contributed by atoms with Gasteiger partial charge in [-0.1, -0.05) is 6.42 Å². The predicted molar refractivity (Wildman–Crippen MR) is 76.9 cm³/mol. The van der Waals surface area contributed by atoms with Crippen LogP contribution in [0.25, 0.3) is 0 Å². The third-order valence-corrected chi connectivity index (χ3v) is 5.90.